The average Bonchev–Trinajstić information content (AvgIpc) is 2.07. The highest BCUT2D eigenvalue weighted by molar-refractivity contribution is 7.89. The van der Waals surface area contributed by atoms with Gasteiger partial charge in [0.2, 0.25) is 0 Å². The highest BCUT2D eigenvalue weighted by atomic mass is 35.5. The number of alkyl halides is 2. The first-order valence-electron chi connectivity index (χ1n) is 3.18. The Morgan fingerprint density at radius 1 is 1.58 bits per heavy atom. The fraction of sp³-hybridized carbons (Fsp3) is 1.00. The summed E-state index contributed by atoms with van der Waals surface area (Å²) in [5.74, 6) is -2.75. The van der Waals surface area contributed by atoms with E-state index in [0.717, 1.165) is 10.6 Å². The molecule has 1 atom stereocenters. The van der Waals surface area contributed by atoms with Crippen LogP contribution < -0.4 is 0 Å². The van der Waals surface area contributed by atoms with Gasteiger partial charge in [0.1, 0.15) is 9.92 Å². The second-order valence-corrected chi connectivity index (χ2v) is 4.89. The van der Waals surface area contributed by atoms with Crippen LogP contribution in [0.3, 0.4) is 0 Å². The maximum absolute atomic E-state index is 12.5. The molecule has 1 heterocycles. The molecule has 1 saturated heterocycles. The molecule has 1 N–H and O–H groups in total. The summed E-state index contributed by atoms with van der Waals surface area (Å²) in [6, 6.07) is 0. The lowest BCUT2D eigenvalue weighted by Crippen LogP contribution is -2.29. The minimum Gasteiger partial charge on any atom is -0.240 e. The van der Waals surface area contributed by atoms with Crippen molar-refractivity contribution in [2.45, 2.75) is 12.3 Å². The van der Waals surface area contributed by atoms with Gasteiger partial charge in [-0.2, -0.15) is 0 Å². The van der Waals surface area contributed by atoms with Gasteiger partial charge in [0.05, 0.1) is 6.54 Å². The predicted octanol–water partition coefficient (Wildman–Crippen LogP) is 1.34. The van der Waals surface area contributed by atoms with Gasteiger partial charge in [-0.3, -0.25) is 0 Å². The fourth-order valence-corrected chi connectivity index (χ4v) is 1.88. The summed E-state index contributed by atoms with van der Waals surface area (Å²) in [5.41, 5.74) is 0. The lowest BCUT2D eigenvalue weighted by Gasteiger charge is -2.14. The number of nitrogens with one attached hydrogen (secondary N) is 1. The van der Waals surface area contributed by atoms with Crippen molar-refractivity contribution in [3.8, 4) is 0 Å². The highest BCUT2D eigenvalue weighted by Gasteiger charge is 2.40. The first-order chi connectivity index (χ1) is 4.81. The van der Waals surface area contributed by atoms with Crippen molar-refractivity contribution in [2.75, 3.05) is 19.3 Å². The molecule has 0 amide bonds. The van der Waals surface area contributed by atoms with Gasteiger partial charge in [0, 0.05) is 19.2 Å². The number of rotatable bonds is 1. The van der Waals surface area contributed by atoms with Crippen LogP contribution in [0, 0.1) is 4.78 Å². The summed E-state index contributed by atoms with van der Waals surface area (Å²) in [6.07, 6.45) is 0.880. The first kappa shape index (κ1) is 12.1. The topological polar surface area (TPSA) is 44.2 Å². The quantitative estimate of drug-likeness (QED) is 0.712. The molecule has 74 valence electrons. The van der Waals surface area contributed by atoms with Crippen LogP contribution in [0.1, 0.15) is 6.42 Å². The third kappa shape index (κ3) is 2.84. The zero-order chi connectivity index (χ0) is 8.70. The molecule has 3 nitrogen and oxygen atoms in total. The molecule has 0 saturated carbocycles. The van der Waals surface area contributed by atoms with Crippen LogP contribution >= 0.6 is 12.4 Å². The van der Waals surface area contributed by atoms with Crippen molar-refractivity contribution in [3.05, 3.63) is 0 Å². The van der Waals surface area contributed by atoms with Crippen LogP contribution in [-0.2, 0) is 9.92 Å². The van der Waals surface area contributed by atoms with E-state index in [-0.39, 0.29) is 25.4 Å². The molecule has 0 spiro atoms. The minimum atomic E-state index is -2.92. The molecule has 1 rings (SSSR count). The van der Waals surface area contributed by atoms with Gasteiger partial charge in [0.15, 0.2) is 0 Å². The van der Waals surface area contributed by atoms with Crippen molar-refractivity contribution in [1.29, 1.82) is 4.78 Å². The van der Waals surface area contributed by atoms with E-state index in [1.807, 2.05) is 0 Å². The monoisotopic (exact) mass is 220 g/mol. The van der Waals surface area contributed by atoms with Crippen molar-refractivity contribution in [1.82, 2.24) is 4.31 Å². The molecule has 12 heavy (non-hydrogen) atoms. The van der Waals surface area contributed by atoms with E-state index in [1.165, 1.54) is 0 Å². The van der Waals surface area contributed by atoms with Crippen LogP contribution in [0.4, 0.5) is 8.78 Å². The Bertz CT molecular complexity index is 254. The fourth-order valence-electron chi connectivity index (χ4n) is 1.00. The summed E-state index contributed by atoms with van der Waals surface area (Å²) in [7, 11) is -2.92. The molecule has 1 aliphatic heterocycles. The van der Waals surface area contributed by atoms with Crippen LogP contribution in [0.2, 0.25) is 0 Å². The van der Waals surface area contributed by atoms with Gasteiger partial charge in [-0.1, -0.05) is 0 Å². The van der Waals surface area contributed by atoms with E-state index in [0.29, 0.717) is 0 Å². The van der Waals surface area contributed by atoms with Crippen LogP contribution in [0.25, 0.3) is 0 Å². The lowest BCUT2D eigenvalue weighted by molar-refractivity contribution is 0.0186. The Morgan fingerprint density at radius 3 is 2.25 bits per heavy atom. The molecule has 0 radical (unpaired) electrons. The van der Waals surface area contributed by atoms with Gasteiger partial charge in [-0.15, -0.1) is 12.4 Å². The van der Waals surface area contributed by atoms with Crippen LogP contribution in [-0.4, -0.2) is 33.8 Å². The van der Waals surface area contributed by atoms with Crippen molar-refractivity contribution in [3.63, 3.8) is 0 Å². The third-order valence-electron chi connectivity index (χ3n) is 1.63. The maximum atomic E-state index is 12.5. The molecule has 7 heteroatoms. The summed E-state index contributed by atoms with van der Waals surface area (Å²) in [6.45, 7) is -0.475. The second-order valence-electron chi connectivity index (χ2n) is 2.77. The van der Waals surface area contributed by atoms with Gasteiger partial charge >= 0.3 is 0 Å². The van der Waals surface area contributed by atoms with Crippen LogP contribution in [0.15, 0.2) is 0 Å². The standard InChI is InChI=1S/C5H10F2N2OS.ClH/c1-11(8,10)9-3-2-5(6,7)4-9;/h8H,2-4H2,1H3;1H. The van der Waals surface area contributed by atoms with E-state index in [4.69, 9.17) is 4.78 Å². The Labute approximate surface area is 76.6 Å². The van der Waals surface area contributed by atoms with E-state index in [9.17, 15) is 13.0 Å². The lowest BCUT2D eigenvalue weighted by atomic mass is 10.3. The van der Waals surface area contributed by atoms with E-state index in [1.54, 1.807) is 0 Å². The summed E-state index contributed by atoms with van der Waals surface area (Å²) in [5, 5.41) is 0. The Kier molecular flexibility index (Phi) is 3.45. The van der Waals surface area contributed by atoms with E-state index >= 15 is 0 Å². The summed E-state index contributed by atoms with van der Waals surface area (Å²) < 4.78 is 43.9. The van der Waals surface area contributed by atoms with Gasteiger partial charge in [-0.25, -0.2) is 22.1 Å². The maximum Gasteiger partial charge on any atom is 0.262 e. The van der Waals surface area contributed by atoms with E-state index in [2.05, 4.69) is 0 Å². The van der Waals surface area contributed by atoms with E-state index < -0.39 is 22.4 Å². The van der Waals surface area contributed by atoms with Gasteiger partial charge < -0.3 is 0 Å². The zero-order valence-corrected chi connectivity index (χ0v) is 8.18. The molecule has 0 bridgehead atoms. The zero-order valence-electron chi connectivity index (χ0n) is 6.55. The normalized spacial score (nSPS) is 27.6. The molecule has 1 unspecified atom stereocenters. The van der Waals surface area contributed by atoms with Crippen molar-refractivity contribution in [2.24, 2.45) is 0 Å². The number of nitrogens with zero attached hydrogens (tertiary/aromatic N) is 1. The molecule has 1 aliphatic rings. The minimum absolute atomic E-state index is 0. The largest absolute Gasteiger partial charge is 0.262 e. The highest BCUT2D eigenvalue weighted by Crippen LogP contribution is 2.28. The SMILES string of the molecule is CS(=N)(=O)N1CCC(F)(F)C1.Cl. The molecule has 0 aromatic rings. The van der Waals surface area contributed by atoms with Crippen molar-refractivity contribution >= 4 is 22.3 Å². The summed E-state index contributed by atoms with van der Waals surface area (Å²) in [4.78, 5) is 0. The number of hydrogen-bond acceptors (Lipinski definition) is 2. The number of halogens is 3. The number of hydrogen-bond donors (Lipinski definition) is 1. The Hall–Kier alpha value is 0.0600. The third-order valence-corrected chi connectivity index (χ3v) is 2.92. The van der Waals surface area contributed by atoms with Gasteiger partial charge in [0.25, 0.3) is 5.92 Å². The Balaban J connectivity index is 0.00000121. The van der Waals surface area contributed by atoms with Crippen molar-refractivity contribution < 1.29 is 13.0 Å². The average molecular weight is 221 g/mol. The smallest absolute Gasteiger partial charge is 0.240 e. The first-order valence-corrected chi connectivity index (χ1v) is 5.10. The predicted molar refractivity (Wildman–Crippen MR) is 45.2 cm³/mol. The molecular formula is C5H11ClF2N2OS. The molecular weight excluding hydrogens is 210 g/mol. The van der Waals surface area contributed by atoms with Gasteiger partial charge in [-0.05, 0) is 0 Å². The summed E-state index contributed by atoms with van der Waals surface area (Å²) >= 11 is 0. The molecule has 0 aromatic carbocycles. The molecule has 0 aromatic heterocycles. The second kappa shape index (κ2) is 3.43. The van der Waals surface area contributed by atoms with Crippen LogP contribution in [0.5, 0.6) is 0 Å². The molecule has 1 fully saturated rings. The Morgan fingerprint density at radius 2 is 2.08 bits per heavy atom. The molecule has 0 aliphatic carbocycles.